The Labute approximate surface area is 269 Å². The standard InChI is InChI=1S/C34H45N5O7/c1-8-44-33(43)29(20(2)3)37-31(42)27-19-35-32(45-27)24-12-9-11-23(17-24)25-18-26(30(41)36-21(4)22-14-15-22)39(38-25)16-10-13-28(40)46-34(5,6)7/h9,11-12,17-22,29H,8,10,13-16H2,1-7H3,(H,36,41)(H,37,42)/t21-,29-/m0/s1. The van der Waals surface area contributed by atoms with Crippen LogP contribution < -0.4 is 10.6 Å². The van der Waals surface area contributed by atoms with Crippen molar-refractivity contribution in [1.82, 2.24) is 25.4 Å². The van der Waals surface area contributed by atoms with E-state index in [0.717, 1.165) is 12.8 Å². The molecule has 2 heterocycles. The summed E-state index contributed by atoms with van der Waals surface area (Å²) in [6.45, 7) is 13.4. The molecule has 248 valence electrons. The normalized spacial score (nSPS) is 14.4. The zero-order chi connectivity index (χ0) is 33.6. The number of aryl methyl sites for hydroxylation is 1. The molecule has 46 heavy (non-hydrogen) atoms. The van der Waals surface area contributed by atoms with Gasteiger partial charge in [0, 0.05) is 30.1 Å². The highest BCUT2D eigenvalue weighted by atomic mass is 16.6. The Bertz CT molecular complexity index is 1550. The van der Waals surface area contributed by atoms with Crippen molar-refractivity contribution in [2.24, 2.45) is 11.8 Å². The molecular formula is C34H45N5O7. The van der Waals surface area contributed by atoms with E-state index < -0.39 is 23.5 Å². The first kappa shape index (κ1) is 34.4. The van der Waals surface area contributed by atoms with Crippen LogP contribution in [0.3, 0.4) is 0 Å². The lowest BCUT2D eigenvalue weighted by Crippen LogP contribution is -2.45. The first-order chi connectivity index (χ1) is 21.8. The van der Waals surface area contributed by atoms with Crippen LogP contribution >= 0.6 is 0 Å². The zero-order valence-electron chi connectivity index (χ0n) is 27.7. The number of benzene rings is 1. The minimum absolute atomic E-state index is 0.0478. The summed E-state index contributed by atoms with van der Waals surface area (Å²) in [5, 5.41) is 10.5. The zero-order valence-corrected chi connectivity index (χ0v) is 27.7. The van der Waals surface area contributed by atoms with E-state index in [-0.39, 0.29) is 48.5 Å². The summed E-state index contributed by atoms with van der Waals surface area (Å²) >= 11 is 0. The highest BCUT2D eigenvalue weighted by Crippen LogP contribution is 2.32. The average molecular weight is 636 g/mol. The van der Waals surface area contributed by atoms with Gasteiger partial charge in [0.05, 0.1) is 18.5 Å². The van der Waals surface area contributed by atoms with Crippen LogP contribution in [0, 0.1) is 11.8 Å². The number of nitrogens with one attached hydrogen (secondary N) is 2. The minimum Gasteiger partial charge on any atom is -0.464 e. The van der Waals surface area contributed by atoms with Crippen LogP contribution in [0.5, 0.6) is 0 Å². The van der Waals surface area contributed by atoms with Gasteiger partial charge in [-0.25, -0.2) is 9.78 Å². The molecule has 2 aromatic heterocycles. The number of carbonyl (C=O) groups excluding carboxylic acids is 4. The molecular weight excluding hydrogens is 590 g/mol. The Morgan fingerprint density at radius 2 is 1.76 bits per heavy atom. The second kappa shape index (κ2) is 14.7. The quantitative estimate of drug-likeness (QED) is 0.228. The van der Waals surface area contributed by atoms with Gasteiger partial charge >= 0.3 is 11.9 Å². The van der Waals surface area contributed by atoms with Crippen LogP contribution in [0.25, 0.3) is 22.7 Å². The highest BCUT2D eigenvalue weighted by molar-refractivity contribution is 5.95. The Hall–Kier alpha value is -4.48. The summed E-state index contributed by atoms with van der Waals surface area (Å²) < 4.78 is 17.9. The van der Waals surface area contributed by atoms with Gasteiger partial charge in [-0.3, -0.25) is 19.1 Å². The van der Waals surface area contributed by atoms with Crippen molar-refractivity contribution in [3.05, 3.63) is 48.0 Å². The van der Waals surface area contributed by atoms with Crippen molar-refractivity contribution in [2.75, 3.05) is 6.61 Å². The fourth-order valence-electron chi connectivity index (χ4n) is 4.94. The molecule has 12 nitrogen and oxygen atoms in total. The van der Waals surface area contributed by atoms with Gasteiger partial charge in [0.2, 0.25) is 11.7 Å². The maximum Gasteiger partial charge on any atom is 0.328 e. The number of carbonyl (C=O) groups is 4. The van der Waals surface area contributed by atoms with Crippen molar-refractivity contribution >= 4 is 23.8 Å². The first-order valence-corrected chi connectivity index (χ1v) is 15.9. The molecule has 2 atom stereocenters. The molecule has 12 heteroatoms. The number of nitrogens with zero attached hydrogens (tertiary/aromatic N) is 3. The summed E-state index contributed by atoms with van der Waals surface area (Å²) in [6, 6.07) is 8.21. The van der Waals surface area contributed by atoms with Crippen LogP contribution in [0.2, 0.25) is 0 Å². The smallest absolute Gasteiger partial charge is 0.328 e. The van der Waals surface area contributed by atoms with Crippen LogP contribution in [0.15, 0.2) is 40.9 Å². The van der Waals surface area contributed by atoms with Gasteiger partial charge in [-0.05, 0) is 83.9 Å². The van der Waals surface area contributed by atoms with Crippen LogP contribution in [-0.4, -0.2) is 62.8 Å². The van der Waals surface area contributed by atoms with E-state index >= 15 is 0 Å². The monoisotopic (exact) mass is 635 g/mol. The largest absolute Gasteiger partial charge is 0.464 e. The number of rotatable bonds is 14. The van der Waals surface area contributed by atoms with Gasteiger partial charge in [-0.15, -0.1) is 0 Å². The Balaban J connectivity index is 1.53. The van der Waals surface area contributed by atoms with Crippen LogP contribution in [-0.2, 0) is 25.6 Å². The SMILES string of the molecule is CCOC(=O)[C@@H](NC(=O)c1cnc(-c2cccc(-c3cc(C(=O)N[C@@H](C)C4CC4)n(CCCC(=O)OC(C)(C)C)n3)c2)o1)C(C)C. The number of oxazole rings is 1. The molecule has 1 aliphatic rings. The lowest BCUT2D eigenvalue weighted by molar-refractivity contribution is -0.155. The van der Waals surface area contributed by atoms with Crippen molar-refractivity contribution in [3.63, 3.8) is 0 Å². The van der Waals surface area contributed by atoms with E-state index in [1.807, 2.05) is 53.7 Å². The maximum atomic E-state index is 13.3. The van der Waals surface area contributed by atoms with Gasteiger partial charge in [0.25, 0.3) is 11.8 Å². The molecule has 1 aliphatic carbocycles. The molecule has 3 aromatic rings. The van der Waals surface area contributed by atoms with Crippen molar-refractivity contribution < 1.29 is 33.1 Å². The molecule has 1 saturated carbocycles. The summed E-state index contributed by atoms with van der Waals surface area (Å²) in [5.41, 5.74) is 1.68. The fourth-order valence-corrected chi connectivity index (χ4v) is 4.94. The number of hydrogen-bond acceptors (Lipinski definition) is 9. The second-order valence-electron chi connectivity index (χ2n) is 13.0. The average Bonchev–Trinajstić information content (AvgIpc) is 3.56. The number of hydrogen-bond donors (Lipinski definition) is 2. The number of amides is 2. The summed E-state index contributed by atoms with van der Waals surface area (Å²) in [6.07, 6.45) is 4.15. The third-order valence-electron chi connectivity index (χ3n) is 7.50. The van der Waals surface area contributed by atoms with E-state index in [1.54, 1.807) is 29.8 Å². The summed E-state index contributed by atoms with van der Waals surface area (Å²) in [5.74, 6) is -1.18. The molecule has 0 saturated heterocycles. The third kappa shape index (κ3) is 9.27. The molecule has 1 aromatic carbocycles. The lowest BCUT2D eigenvalue weighted by atomic mass is 10.0. The first-order valence-electron chi connectivity index (χ1n) is 15.9. The van der Waals surface area contributed by atoms with Crippen molar-refractivity contribution in [3.8, 4) is 22.7 Å². The number of esters is 2. The van der Waals surface area contributed by atoms with E-state index in [1.165, 1.54) is 6.20 Å². The molecule has 4 rings (SSSR count). The molecule has 0 aliphatic heterocycles. The second-order valence-corrected chi connectivity index (χ2v) is 13.0. The number of aromatic nitrogens is 3. The van der Waals surface area contributed by atoms with Crippen molar-refractivity contribution in [1.29, 1.82) is 0 Å². The minimum atomic E-state index is -0.831. The molecule has 0 radical (unpaired) electrons. The Morgan fingerprint density at radius 3 is 2.41 bits per heavy atom. The van der Waals surface area contributed by atoms with E-state index in [4.69, 9.17) is 19.0 Å². The van der Waals surface area contributed by atoms with E-state index in [2.05, 4.69) is 15.6 Å². The van der Waals surface area contributed by atoms with Gasteiger partial charge in [0.1, 0.15) is 17.3 Å². The van der Waals surface area contributed by atoms with Gasteiger partial charge in [0.15, 0.2) is 0 Å². The summed E-state index contributed by atoms with van der Waals surface area (Å²) in [7, 11) is 0. The fraction of sp³-hybridized carbons (Fsp3) is 0.529. The van der Waals surface area contributed by atoms with Crippen LogP contribution in [0.4, 0.5) is 0 Å². The van der Waals surface area contributed by atoms with E-state index in [9.17, 15) is 19.2 Å². The summed E-state index contributed by atoms with van der Waals surface area (Å²) in [4.78, 5) is 55.1. The topological polar surface area (TPSA) is 155 Å². The van der Waals surface area contributed by atoms with Crippen molar-refractivity contribution in [2.45, 2.75) is 98.4 Å². The van der Waals surface area contributed by atoms with E-state index in [0.29, 0.717) is 41.4 Å². The molecule has 0 bridgehead atoms. The predicted octanol–water partition coefficient (Wildman–Crippen LogP) is 5.17. The Kier molecular flexibility index (Phi) is 11.0. The third-order valence-corrected chi connectivity index (χ3v) is 7.50. The van der Waals surface area contributed by atoms with Gasteiger partial charge in [-0.2, -0.15) is 5.10 Å². The Morgan fingerprint density at radius 1 is 1.04 bits per heavy atom. The number of ether oxygens (including phenoxy) is 2. The molecule has 2 amide bonds. The highest BCUT2D eigenvalue weighted by Gasteiger charge is 2.30. The molecule has 0 unspecified atom stereocenters. The maximum absolute atomic E-state index is 13.3. The lowest BCUT2D eigenvalue weighted by Gasteiger charge is -2.19. The van der Waals surface area contributed by atoms with Gasteiger partial charge in [-0.1, -0.05) is 26.0 Å². The van der Waals surface area contributed by atoms with Gasteiger partial charge < -0.3 is 24.5 Å². The predicted molar refractivity (Wildman–Crippen MR) is 171 cm³/mol. The molecule has 1 fully saturated rings. The van der Waals surface area contributed by atoms with Crippen LogP contribution in [0.1, 0.15) is 95.2 Å². The molecule has 0 spiro atoms. The molecule has 2 N–H and O–H groups in total.